The third kappa shape index (κ3) is 6.19. The van der Waals surface area contributed by atoms with E-state index in [0.29, 0.717) is 5.69 Å². The molecule has 1 heterocycles. The summed E-state index contributed by atoms with van der Waals surface area (Å²) in [7, 11) is 0. The SMILES string of the molecule is Cc1ccc(OCCOC(F)(F)F)c(C=CC(=O)O)n1. The van der Waals surface area contributed by atoms with Gasteiger partial charge in [0, 0.05) is 11.8 Å². The average Bonchev–Trinajstić information content (AvgIpc) is 2.32. The Morgan fingerprint density at radius 1 is 1.40 bits per heavy atom. The summed E-state index contributed by atoms with van der Waals surface area (Å²) in [4.78, 5) is 14.5. The third-order valence-electron chi connectivity index (χ3n) is 2.02. The van der Waals surface area contributed by atoms with E-state index in [9.17, 15) is 18.0 Å². The fourth-order valence-corrected chi connectivity index (χ4v) is 1.26. The van der Waals surface area contributed by atoms with E-state index in [2.05, 4.69) is 9.72 Å². The summed E-state index contributed by atoms with van der Waals surface area (Å²) in [6.45, 7) is 0.687. The van der Waals surface area contributed by atoms with Gasteiger partial charge in [-0.25, -0.2) is 9.78 Å². The number of hydrogen-bond acceptors (Lipinski definition) is 4. The van der Waals surface area contributed by atoms with Crippen molar-refractivity contribution in [3.63, 3.8) is 0 Å². The zero-order valence-electron chi connectivity index (χ0n) is 10.5. The lowest BCUT2D eigenvalue weighted by Gasteiger charge is -2.10. The first-order valence-electron chi connectivity index (χ1n) is 5.50. The monoisotopic (exact) mass is 291 g/mol. The second-order valence-corrected chi connectivity index (χ2v) is 3.65. The zero-order chi connectivity index (χ0) is 15.2. The number of ether oxygens (including phenoxy) is 2. The van der Waals surface area contributed by atoms with Gasteiger partial charge in [-0.1, -0.05) is 0 Å². The van der Waals surface area contributed by atoms with Crippen LogP contribution in [-0.2, 0) is 9.53 Å². The molecule has 0 saturated carbocycles. The summed E-state index contributed by atoms with van der Waals surface area (Å²) in [5.74, 6) is -0.987. The van der Waals surface area contributed by atoms with Crippen LogP contribution in [0.4, 0.5) is 13.2 Å². The van der Waals surface area contributed by atoms with Crippen LogP contribution in [0.5, 0.6) is 5.75 Å². The number of pyridine rings is 1. The van der Waals surface area contributed by atoms with Gasteiger partial charge in [-0.15, -0.1) is 13.2 Å². The fraction of sp³-hybridized carbons (Fsp3) is 0.333. The number of alkyl halides is 3. The molecule has 0 unspecified atom stereocenters. The first-order chi connectivity index (χ1) is 9.28. The first kappa shape index (κ1) is 16.0. The Morgan fingerprint density at radius 2 is 2.10 bits per heavy atom. The van der Waals surface area contributed by atoms with Crippen LogP contribution in [0.3, 0.4) is 0 Å². The molecule has 110 valence electrons. The van der Waals surface area contributed by atoms with Gasteiger partial charge in [-0.2, -0.15) is 0 Å². The maximum atomic E-state index is 11.8. The van der Waals surface area contributed by atoms with Gasteiger partial charge in [0.05, 0.1) is 6.61 Å². The van der Waals surface area contributed by atoms with E-state index >= 15 is 0 Å². The van der Waals surface area contributed by atoms with Gasteiger partial charge in [0.15, 0.2) is 0 Å². The maximum absolute atomic E-state index is 11.8. The molecule has 1 aromatic heterocycles. The van der Waals surface area contributed by atoms with Crippen LogP contribution in [-0.4, -0.2) is 35.6 Å². The van der Waals surface area contributed by atoms with Crippen LogP contribution < -0.4 is 4.74 Å². The van der Waals surface area contributed by atoms with E-state index < -0.39 is 18.9 Å². The number of hydrogen-bond donors (Lipinski definition) is 1. The van der Waals surface area contributed by atoms with Crippen molar-refractivity contribution >= 4 is 12.0 Å². The van der Waals surface area contributed by atoms with E-state index in [0.717, 1.165) is 6.08 Å². The molecule has 0 aliphatic carbocycles. The zero-order valence-corrected chi connectivity index (χ0v) is 10.5. The van der Waals surface area contributed by atoms with Gasteiger partial charge in [-0.3, -0.25) is 4.74 Å². The molecule has 0 bridgehead atoms. The average molecular weight is 291 g/mol. The molecule has 0 spiro atoms. The molecule has 1 aromatic rings. The Morgan fingerprint density at radius 3 is 2.70 bits per heavy atom. The highest BCUT2D eigenvalue weighted by Crippen LogP contribution is 2.19. The lowest BCUT2D eigenvalue weighted by atomic mass is 10.2. The minimum Gasteiger partial charge on any atom is -0.489 e. The number of aliphatic carboxylic acids is 1. The second-order valence-electron chi connectivity index (χ2n) is 3.65. The number of halogens is 3. The molecule has 0 saturated heterocycles. The molecule has 0 aliphatic heterocycles. The van der Waals surface area contributed by atoms with Crippen molar-refractivity contribution in [1.82, 2.24) is 4.98 Å². The van der Waals surface area contributed by atoms with E-state index in [1.165, 1.54) is 12.1 Å². The van der Waals surface area contributed by atoms with E-state index in [1.54, 1.807) is 13.0 Å². The Kier molecular flexibility index (Phi) is 5.51. The molecule has 5 nitrogen and oxygen atoms in total. The standard InChI is InChI=1S/C12H12F3NO4/c1-8-2-4-10(9(16-8)3-5-11(17)18)19-6-7-20-12(13,14)15/h2-5H,6-7H2,1H3,(H,17,18). The molecule has 0 aliphatic rings. The predicted octanol–water partition coefficient (Wildman–Crippen LogP) is 2.40. The van der Waals surface area contributed by atoms with Crippen molar-refractivity contribution in [3.8, 4) is 5.75 Å². The summed E-state index contributed by atoms with van der Waals surface area (Å²) in [6, 6.07) is 3.09. The van der Waals surface area contributed by atoms with E-state index in [-0.39, 0.29) is 18.1 Å². The van der Waals surface area contributed by atoms with Gasteiger partial charge >= 0.3 is 12.3 Å². The van der Waals surface area contributed by atoms with Crippen molar-refractivity contribution in [3.05, 3.63) is 29.6 Å². The van der Waals surface area contributed by atoms with Crippen molar-refractivity contribution < 1.29 is 32.5 Å². The molecule has 0 radical (unpaired) electrons. The summed E-state index contributed by atoms with van der Waals surface area (Å²) in [6.07, 6.45) is -2.64. The maximum Gasteiger partial charge on any atom is 0.522 e. The smallest absolute Gasteiger partial charge is 0.489 e. The summed E-state index contributed by atoms with van der Waals surface area (Å²) < 4.78 is 43.9. The molecule has 1 N–H and O–H groups in total. The Bertz CT molecular complexity index is 500. The third-order valence-corrected chi connectivity index (χ3v) is 2.02. The first-order valence-corrected chi connectivity index (χ1v) is 5.50. The second kappa shape index (κ2) is 6.90. The Balaban J connectivity index is 2.67. The van der Waals surface area contributed by atoms with Crippen molar-refractivity contribution in [1.29, 1.82) is 0 Å². The summed E-state index contributed by atoms with van der Waals surface area (Å²) in [5.41, 5.74) is 0.841. The normalized spacial score (nSPS) is 11.8. The number of carboxylic acids is 1. The molecule has 20 heavy (non-hydrogen) atoms. The van der Waals surface area contributed by atoms with Crippen LogP contribution in [0.25, 0.3) is 6.08 Å². The molecular weight excluding hydrogens is 279 g/mol. The number of aromatic nitrogens is 1. The van der Waals surface area contributed by atoms with E-state index in [4.69, 9.17) is 9.84 Å². The Hall–Kier alpha value is -2.09. The minimum atomic E-state index is -4.71. The molecule has 0 amide bonds. The van der Waals surface area contributed by atoms with Crippen molar-refractivity contribution in [2.45, 2.75) is 13.3 Å². The van der Waals surface area contributed by atoms with Crippen LogP contribution >= 0.6 is 0 Å². The van der Waals surface area contributed by atoms with Gasteiger partial charge in [0.1, 0.15) is 18.1 Å². The number of rotatable bonds is 6. The Labute approximate surface area is 112 Å². The highest BCUT2D eigenvalue weighted by Gasteiger charge is 2.28. The van der Waals surface area contributed by atoms with Gasteiger partial charge in [-0.05, 0) is 25.1 Å². The number of carboxylic acid groups (broad SMARTS) is 1. The lowest BCUT2D eigenvalue weighted by Crippen LogP contribution is -2.18. The molecule has 0 atom stereocenters. The highest BCUT2D eigenvalue weighted by atomic mass is 19.4. The topological polar surface area (TPSA) is 68.7 Å². The van der Waals surface area contributed by atoms with Gasteiger partial charge < -0.3 is 9.84 Å². The van der Waals surface area contributed by atoms with Crippen molar-refractivity contribution in [2.75, 3.05) is 13.2 Å². The predicted molar refractivity (Wildman–Crippen MR) is 63.1 cm³/mol. The summed E-state index contributed by atoms with van der Waals surface area (Å²) in [5, 5.41) is 8.54. The number of aryl methyl sites for hydroxylation is 1. The molecule has 0 aromatic carbocycles. The fourth-order valence-electron chi connectivity index (χ4n) is 1.26. The minimum absolute atomic E-state index is 0.180. The summed E-state index contributed by atoms with van der Waals surface area (Å²) >= 11 is 0. The van der Waals surface area contributed by atoms with Crippen molar-refractivity contribution in [2.24, 2.45) is 0 Å². The van der Waals surface area contributed by atoms with E-state index in [1.807, 2.05) is 0 Å². The largest absolute Gasteiger partial charge is 0.522 e. The molecule has 0 fully saturated rings. The quantitative estimate of drug-likeness (QED) is 0.644. The molecular formula is C12H12F3NO4. The van der Waals surface area contributed by atoms with Gasteiger partial charge in [0.2, 0.25) is 0 Å². The van der Waals surface area contributed by atoms with Crippen LogP contribution in [0.15, 0.2) is 18.2 Å². The van der Waals surface area contributed by atoms with Gasteiger partial charge in [0.25, 0.3) is 0 Å². The van der Waals surface area contributed by atoms with Crippen LogP contribution in [0.2, 0.25) is 0 Å². The number of nitrogens with zero attached hydrogens (tertiary/aromatic N) is 1. The molecule has 8 heteroatoms. The highest BCUT2D eigenvalue weighted by molar-refractivity contribution is 5.85. The van der Waals surface area contributed by atoms with Crippen LogP contribution in [0, 0.1) is 6.92 Å². The molecule has 1 rings (SSSR count). The lowest BCUT2D eigenvalue weighted by molar-refractivity contribution is -0.325. The van der Waals surface area contributed by atoms with Crippen LogP contribution in [0.1, 0.15) is 11.4 Å². The number of carbonyl (C=O) groups is 1.